The van der Waals surface area contributed by atoms with Gasteiger partial charge in [-0.2, -0.15) is 13.2 Å². The number of nitrogens with zero attached hydrogens (tertiary/aromatic N) is 2. The molecule has 3 heterocycles. The van der Waals surface area contributed by atoms with Gasteiger partial charge in [-0.3, -0.25) is 24.6 Å². The lowest BCUT2D eigenvalue weighted by Gasteiger charge is -2.34. The largest absolute Gasteiger partial charge is 0.390 e. The molecule has 2 N–H and O–H groups in total. The van der Waals surface area contributed by atoms with E-state index in [9.17, 15) is 27.6 Å². The van der Waals surface area contributed by atoms with Crippen molar-refractivity contribution in [3.63, 3.8) is 0 Å². The molecule has 0 spiro atoms. The second kappa shape index (κ2) is 7.99. The highest BCUT2D eigenvalue weighted by Gasteiger charge is 2.40. The summed E-state index contributed by atoms with van der Waals surface area (Å²) in [7, 11) is 0. The normalized spacial score (nSPS) is 25.4. The third-order valence-electron chi connectivity index (χ3n) is 5.85. The van der Waals surface area contributed by atoms with E-state index >= 15 is 0 Å². The van der Waals surface area contributed by atoms with Gasteiger partial charge in [-0.15, -0.1) is 0 Å². The number of hydrogen-bond acceptors (Lipinski definition) is 5. The Bertz CT molecular complexity index is 873. The van der Waals surface area contributed by atoms with Gasteiger partial charge >= 0.3 is 6.18 Å². The van der Waals surface area contributed by atoms with E-state index in [1.165, 1.54) is 4.90 Å². The zero-order chi connectivity index (χ0) is 21.5. The predicted molar refractivity (Wildman–Crippen MR) is 100 cm³/mol. The van der Waals surface area contributed by atoms with Gasteiger partial charge in [0.2, 0.25) is 11.8 Å². The number of benzene rings is 1. The maximum Gasteiger partial charge on any atom is 0.390 e. The van der Waals surface area contributed by atoms with Crippen LogP contribution in [0.3, 0.4) is 0 Å². The fraction of sp³-hybridized carbons (Fsp3) is 0.550. The molecule has 3 aliphatic heterocycles. The highest BCUT2D eigenvalue weighted by molar-refractivity contribution is 6.05. The average Bonchev–Trinajstić information content (AvgIpc) is 2.98. The van der Waals surface area contributed by atoms with Crippen LogP contribution < -0.4 is 10.6 Å². The Kier molecular flexibility index (Phi) is 5.54. The van der Waals surface area contributed by atoms with Crippen molar-refractivity contribution in [2.24, 2.45) is 0 Å². The smallest absolute Gasteiger partial charge is 0.322 e. The van der Waals surface area contributed by atoms with Crippen molar-refractivity contribution in [1.29, 1.82) is 0 Å². The minimum atomic E-state index is -4.23. The SMILES string of the molecule is O=C1CCC(N2Cc3cccc(CN4CCNC(CC(F)(F)F)C4)c3C2=O)C(=O)N1. The summed E-state index contributed by atoms with van der Waals surface area (Å²) in [5, 5.41) is 5.18. The van der Waals surface area contributed by atoms with Crippen LogP contribution >= 0.6 is 0 Å². The van der Waals surface area contributed by atoms with Crippen LogP contribution in [0, 0.1) is 0 Å². The highest BCUT2D eigenvalue weighted by Crippen LogP contribution is 2.31. The van der Waals surface area contributed by atoms with Crippen molar-refractivity contribution in [2.75, 3.05) is 19.6 Å². The lowest BCUT2D eigenvalue weighted by atomic mass is 10.0. The van der Waals surface area contributed by atoms with Gasteiger partial charge in [-0.25, -0.2) is 0 Å². The summed E-state index contributed by atoms with van der Waals surface area (Å²) < 4.78 is 38.2. The van der Waals surface area contributed by atoms with Gasteiger partial charge in [0.25, 0.3) is 5.91 Å². The van der Waals surface area contributed by atoms with E-state index in [0.717, 1.165) is 11.1 Å². The van der Waals surface area contributed by atoms with Gasteiger partial charge in [0.05, 0.1) is 6.42 Å². The number of carbonyl (C=O) groups is 3. The summed E-state index contributed by atoms with van der Waals surface area (Å²) in [6, 6.07) is 4.10. The Hall–Kier alpha value is -2.46. The quantitative estimate of drug-likeness (QED) is 0.710. The molecule has 0 aromatic heterocycles. The van der Waals surface area contributed by atoms with Crippen molar-refractivity contribution in [1.82, 2.24) is 20.4 Å². The summed E-state index contributed by atoms with van der Waals surface area (Å²) in [5.74, 6) is -1.07. The molecule has 162 valence electrons. The molecular weight excluding hydrogens is 401 g/mol. The fourth-order valence-corrected chi connectivity index (χ4v) is 4.52. The van der Waals surface area contributed by atoms with Crippen LogP contribution in [-0.2, 0) is 22.7 Å². The molecule has 1 aromatic carbocycles. The lowest BCUT2D eigenvalue weighted by molar-refractivity contribution is -0.142. The third kappa shape index (κ3) is 4.34. The number of imide groups is 1. The predicted octanol–water partition coefficient (Wildman–Crippen LogP) is 1.17. The minimum Gasteiger partial charge on any atom is -0.322 e. The minimum absolute atomic E-state index is 0.185. The molecule has 4 rings (SSSR count). The number of rotatable bonds is 4. The van der Waals surface area contributed by atoms with E-state index in [-0.39, 0.29) is 37.7 Å². The first kappa shape index (κ1) is 20.8. The van der Waals surface area contributed by atoms with Crippen molar-refractivity contribution in [3.8, 4) is 0 Å². The molecule has 0 bridgehead atoms. The lowest BCUT2D eigenvalue weighted by Crippen LogP contribution is -2.52. The molecule has 3 amide bonds. The van der Waals surface area contributed by atoms with Gasteiger partial charge in [0.1, 0.15) is 6.04 Å². The number of fused-ring (bicyclic) bond motifs is 1. The van der Waals surface area contributed by atoms with E-state index in [0.29, 0.717) is 25.2 Å². The van der Waals surface area contributed by atoms with E-state index in [1.807, 2.05) is 23.1 Å². The number of halogens is 3. The van der Waals surface area contributed by atoms with Crippen molar-refractivity contribution >= 4 is 17.7 Å². The zero-order valence-electron chi connectivity index (χ0n) is 16.3. The topological polar surface area (TPSA) is 81.8 Å². The van der Waals surface area contributed by atoms with Crippen molar-refractivity contribution < 1.29 is 27.6 Å². The number of carbonyl (C=O) groups excluding carboxylic acids is 3. The summed E-state index contributed by atoms with van der Waals surface area (Å²) >= 11 is 0. The number of hydrogen-bond donors (Lipinski definition) is 2. The first-order valence-electron chi connectivity index (χ1n) is 9.99. The van der Waals surface area contributed by atoms with E-state index in [1.54, 1.807) is 0 Å². The van der Waals surface area contributed by atoms with Gasteiger partial charge in [0, 0.05) is 50.7 Å². The van der Waals surface area contributed by atoms with E-state index < -0.39 is 30.6 Å². The molecule has 0 radical (unpaired) electrons. The van der Waals surface area contributed by atoms with Crippen LogP contribution in [0.1, 0.15) is 40.7 Å². The number of alkyl halides is 3. The van der Waals surface area contributed by atoms with E-state index in [2.05, 4.69) is 10.6 Å². The molecule has 2 unspecified atom stereocenters. The number of nitrogens with one attached hydrogen (secondary N) is 2. The van der Waals surface area contributed by atoms with Crippen LogP contribution in [0.15, 0.2) is 18.2 Å². The summed E-state index contributed by atoms with van der Waals surface area (Å²) in [5.41, 5.74) is 2.07. The summed E-state index contributed by atoms with van der Waals surface area (Å²) in [6.07, 6.45) is -4.65. The molecule has 2 atom stereocenters. The summed E-state index contributed by atoms with van der Waals surface area (Å²) in [6.45, 7) is 1.93. The maximum absolute atomic E-state index is 13.1. The monoisotopic (exact) mass is 424 g/mol. The first-order valence-corrected chi connectivity index (χ1v) is 9.99. The molecule has 3 aliphatic rings. The molecule has 0 aliphatic carbocycles. The number of piperazine rings is 1. The van der Waals surface area contributed by atoms with Crippen LogP contribution in [0.5, 0.6) is 0 Å². The number of amides is 3. The zero-order valence-corrected chi connectivity index (χ0v) is 16.3. The van der Waals surface area contributed by atoms with Crippen LogP contribution in [-0.4, -0.2) is 65.4 Å². The van der Waals surface area contributed by atoms with Gasteiger partial charge in [-0.05, 0) is 17.5 Å². The fourth-order valence-electron chi connectivity index (χ4n) is 4.52. The van der Waals surface area contributed by atoms with Gasteiger partial charge in [-0.1, -0.05) is 18.2 Å². The standard InChI is InChI=1S/C20H23F3N4O3/c21-20(22,23)8-14-11-26(7-6-24-14)9-12-2-1-3-13-10-27(19(30)17(12)13)15-4-5-16(28)25-18(15)29/h1-3,14-15,24H,4-11H2,(H,25,28,29). The maximum atomic E-state index is 13.1. The van der Waals surface area contributed by atoms with Crippen molar-refractivity contribution in [3.05, 3.63) is 34.9 Å². The van der Waals surface area contributed by atoms with Crippen LogP contribution in [0.25, 0.3) is 0 Å². The van der Waals surface area contributed by atoms with E-state index in [4.69, 9.17) is 0 Å². The Morgan fingerprint density at radius 1 is 1.17 bits per heavy atom. The van der Waals surface area contributed by atoms with Crippen LogP contribution in [0.2, 0.25) is 0 Å². The second-order valence-corrected chi connectivity index (χ2v) is 8.06. The van der Waals surface area contributed by atoms with Crippen molar-refractivity contribution in [2.45, 2.75) is 50.6 Å². The summed E-state index contributed by atoms with van der Waals surface area (Å²) in [4.78, 5) is 40.1. The van der Waals surface area contributed by atoms with Gasteiger partial charge < -0.3 is 10.2 Å². The Morgan fingerprint density at radius 3 is 2.70 bits per heavy atom. The average molecular weight is 424 g/mol. The molecule has 10 heteroatoms. The molecule has 1 aromatic rings. The Balaban J connectivity index is 1.48. The first-order chi connectivity index (χ1) is 14.2. The second-order valence-electron chi connectivity index (χ2n) is 8.06. The molecular formula is C20H23F3N4O3. The Labute approximate surface area is 171 Å². The number of piperidine rings is 1. The molecule has 30 heavy (non-hydrogen) atoms. The molecule has 2 saturated heterocycles. The van der Waals surface area contributed by atoms with Crippen LogP contribution in [0.4, 0.5) is 13.2 Å². The third-order valence-corrected chi connectivity index (χ3v) is 5.85. The molecule has 2 fully saturated rings. The molecule has 7 nitrogen and oxygen atoms in total. The highest BCUT2D eigenvalue weighted by atomic mass is 19.4. The molecule has 0 saturated carbocycles. The Morgan fingerprint density at radius 2 is 1.97 bits per heavy atom. The van der Waals surface area contributed by atoms with Gasteiger partial charge in [0.15, 0.2) is 0 Å².